The number of anilines is 3. The van der Waals surface area contributed by atoms with Gasteiger partial charge < -0.3 is 13.7 Å². The Kier molecular flexibility index (Phi) is 8.53. The van der Waals surface area contributed by atoms with Gasteiger partial charge in [-0.1, -0.05) is 158 Å². The summed E-state index contributed by atoms with van der Waals surface area (Å²) in [6.07, 6.45) is 0. The predicted octanol–water partition coefficient (Wildman–Crippen LogP) is 17.9. The monoisotopic (exact) mass is 829 g/mol. The molecule has 11 aromatic carbocycles. The van der Waals surface area contributed by atoms with Gasteiger partial charge in [-0.05, 0) is 145 Å². The molecule has 304 valence electrons. The molecule has 3 nitrogen and oxygen atoms in total. The minimum absolute atomic E-state index is 0.888. The first kappa shape index (κ1) is 36.9. The quantitative estimate of drug-likeness (QED) is 0.160. The summed E-state index contributed by atoms with van der Waals surface area (Å²) in [5.74, 6) is 0. The van der Waals surface area contributed by atoms with Gasteiger partial charge in [0.1, 0.15) is 22.3 Å². The molecule has 0 amide bonds. The fourth-order valence-electron chi connectivity index (χ4n) is 9.86. The highest BCUT2D eigenvalue weighted by atomic mass is 16.3. The van der Waals surface area contributed by atoms with E-state index in [1.54, 1.807) is 0 Å². The lowest BCUT2D eigenvalue weighted by atomic mass is 9.98. The van der Waals surface area contributed by atoms with Gasteiger partial charge in [0.25, 0.3) is 0 Å². The van der Waals surface area contributed by atoms with Crippen molar-refractivity contribution in [2.75, 3.05) is 4.90 Å². The highest BCUT2D eigenvalue weighted by Gasteiger charge is 2.18. The molecule has 0 aliphatic carbocycles. The summed E-state index contributed by atoms with van der Waals surface area (Å²) in [5.41, 5.74) is 16.0. The van der Waals surface area contributed by atoms with Crippen LogP contribution in [0.15, 0.2) is 245 Å². The van der Waals surface area contributed by atoms with Crippen LogP contribution in [0.1, 0.15) is 0 Å². The maximum Gasteiger partial charge on any atom is 0.136 e. The molecule has 65 heavy (non-hydrogen) atoms. The maximum absolute atomic E-state index is 6.39. The van der Waals surface area contributed by atoms with E-state index >= 15 is 0 Å². The van der Waals surface area contributed by atoms with E-state index in [0.29, 0.717) is 0 Å². The normalized spacial score (nSPS) is 11.7. The number of nitrogens with zero attached hydrogens (tertiary/aromatic N) is 1. The van der Waals surface area contributed by atoms with Gasteiger partial charge in [-0.25, -0.2) is 0 Å². The Balaban J connectivity index is 0.938. The molecule has 0 aliphatic heterocycles. The summed E-state index contributed by atoms with van der Waals surface area (Å²) in [5, 5.41) is 9.34. The molecule has 2 aromatic heterocycles. The van der Waals surface area contributed by atoms with Gasteiger partial charge in [-0.2, -0.15) is 0 Å². The van der Waals surface area contributed by atoms with Crippen molar-refractivity contribution >= 4 is 82.5 Å². The van der Waals surface area contributed by atoms with Gasteiger partial charge in [0.15, 0.2) is 0 Å². The molecule has 0 saturated heterocycles. The minimum atomic E-state index is 0.888. The minimum Gasteiger partial charge on any atom is -0.456 e. The highest BCUT2D eigenvalue weighted by molar-refractivity contribution is 6.20. The Morgan fingerprint density at radius 1 is 0.231 bits per heavy atom. The summed E-state index contributed by atoms with van der Waals surface area (Å²) in [6, 6.07) is 84.8. The number of furan rings is 2. The molecule has 0 atom stereocenters. The second kappa shape index (κ2) is 15.0. The number of benzene rings is 11. The van der Waals surface area contributed by atoms with E-state index in [-0.39, 0.29) is 0 Å². The van der Waals surface area contributed by atoms with Crippen LogP contribution in [-0.4, -0.2) is 0 Å². The molecule has 0 bridgehead atoms. The van der Waals surface area contributed by atoms with Crippen molar-refractivity contribution in [3.8, 4) is 44.5 Å². The van der Waals surface area contributed by atoms with E-state index < -0.39 is 0 Å². The number of rotatable bonds is 7. The fraction of sp³-hybridized carbons (Fsp3) is 0. The van der Waals surface area contributed by atoms with Crippen molar-refractivity contribution in [1.29, 1.82) is 0 Å². The molecule has 0 N–H and O–H groups in total. The number of hydrogen-bond donors (Lipinski definition) is 0. The molecule has 13 rings (SSSR count). The SMILES string of the molecule is c1ccc(-c2cccc(-c3ccc(N(c4cccc(-c5ccc6oc7ccc8ccccc8c7c6c5)c4)c4cccc(-c5ccc6oc7ccc8ccccc8c7c6c5)c4)cc3)c2)cc1. The summed E-state index contributed by atoms with van der Waals surface area (Å²) >= 11 is 0. The molecule has 13 aromatic rings. The molecule has 0 unspecified atom stereocenters. The van der Waals surface area contributed by atoms with E-state index in [1.807, 2.05) is 0 Å². The first-order valence-electron chi connectivity index (χ1n) is 22.1. The van der Waals surface area contributed by atoms with Crippen molar-refractivity contribution in [3.05, 3.63) is 237 Å². The topological polar surface area (TPSA) is 29.5 Å². The van der Waals surface area contributed by atoms with Gasteiger partial charge in [-0.3, -0.25) is 0 Å². The van der Waals surface area contributed by atoms with Crippen LogP contribution in [0.2, 0.25) is 0 Å². The van der Waals surface area contributed by atoms with Crippen LogP contribution in [0.4, 0.5) is 17.1 Å². The summed E-state index contributed by atoms with van der Waals surface area (Å²) in [4.78, 5) is 2.37. The van der Waals surface area contributed by atoms with Gasteiger partial charge in [0.05, 0.1) is 0 Å². The van der Waals surface area contributed by atoms with Crippen molar-refractivity contribution in [3.63, 3.8) is 0 Å². The molecule has 0 saturated carbocycles. The first-order chi connectivity index (χ1) is 32.2. The van der Waals surface area contributed by atoms with Crippen LogP contribution < -0.4 is 4.90 Å². The molecule has 0 aliphatic rings. The summed E-state index contributed by atoms with van der Waals surface area (Å²) < 4.78 is 12.8. The second-order valence-electron chi connectivity index (χ2n) is 16.9. The molecule has 0 radical (unpaired) electrons. The third kappa shape index (κ3) is 6.36. The molecule has 0 fully saturated rings. The molecular weight excluding hydrogens is 791 g/mol. The van der Waals surface area contributed by atoms with Gasteiger partial charge in [0, 0.05) is 38.6 Å². The van der Waals surface area contributed by atoms with Crippen molar-refractivity contribution in [2.45, 2.75) is 0 Å². The average molecular weight is 830 g/mol. The smallest absolute Gasteiger partial charge is 0.136 e. The Morgan fingerprint density at radius 3 is 1.17 bits per heavy atom. The fourth-order valence-corrected chi connectivity index (χ4v) is 9.86. The van der Waals surface area contributed by atoms with Gasteiger partial charge in [-0.15, -0.1) is 0 Å². The molecule has 0 spiro atoms. The van der Waals surface area contributed by atoms with Crippen LogP contribution >= 0.6 is 0 Å². The zero-order chi connectivity index (χ0) is 42.8. The van der Waals surface area contributed by atoms with Crippen molar-refractivity contribution in [2.24, 2.45) is 0 Å². The lowest BCUT2D eigenvalue weighted by Crippen LogP contribution is -2.10. The Morgan fingerprint density at radius 2 is 0.631 bits per heavy atom. The highest BCUT2D eigenvalue weighted by Crippen LogP contribution is 2.43. The van der Waals surface area contributed by atoms with Gasteiger partial charge >= 0.3 is 0 Å². The standard InChI is InChI=1S/C62H39NO2/c1-2-11-40(12-3-1)44-15-8-16-45(35-44)41-23-29-50(30-24-41)63(51-19-9-17-46(36-51)48-27-31-57-55(38-48)61-53-21-6-4-13-42(53)25-33-59(61)64-57)52-20-10-18-47(37-52)49-28-32-58-56(39-49)62-54-22-7-5-14-43(54)26-34-60(62)65-58/h1-39H. The third-order valence-electron chi connectivity index (χ3n) is 13.0. The average Bonchev–Trinajstić information content (AvgIpc) is 3.96. The zero-order valence-corrected chi connectivity index (χ0v) is 35.3. The van der Waals surface area contributed by atoms with Crippen LogP contribution in [-0.2, 0) is 0 Å². The third-order valence-corrected chi connectivity index (χ3v) is 13.0. The van der Waals surface area contributed by atoms with Gasteiger partial charge in [0.2, 0.25) is 0 Å². The van der Waals surface area contributed by atoms with E-state index in [2.05, 4.69) is 241 Å². The largest absolute Gasteiger partial charge is 0.456 e. The molecular formula is C62H39NO2. The summed E-state index contributed by atoms with van der Waals surface area (Å²) in [6.45, 7) is 0. The predicted molar refractivity (Wildman–Crippen MR) is 272 cm³/mol. The zero-order valence-electron chi connectivity index (χ0n) is 35.3. The lowest BCUT2D eigenvalue weighted by Gasteiger charge is -2.27. The van der Waals surface area contributed by atoms with E-state index in [1.165, 1.54) is 38.2 Å². The number of fused-ring (bicyclic) bond motifs is 10. The van der Waals surface area contributed by atoms with Crippen LogP contribution in [0, 0.1) is 0 Å². The van der Waals surface area contributed by atoms with Crippen LogP contribution in [0.5, 0.6) is 0 Å². The maximum atomic E-state index is 6.39. The van der Waals surface area contributed by atoms with Crippen molar-refractivity contribution in [1.82, 2.24) is 0 Å². The van der Waals surface area contributed by atoms with Crippen LogP contribution in [0.3, 0.4) is 0 Å². The lowest BCUT2D eigenvalue weighted by molar-refractivity contribution is 0.669. The Hall–Kier alpha value is -8.66. The first-order valence-corrected chi connectivity index (χ1v) is 22.1. The Labute approximate surface area is 375 Å². The number of hydrogen-bond acceptors (Lipinski definition) is 3. The summed E-state index contributed by atoms with van der Waals surface area (Å²) in [7, 11) is 0. The van der Waals surface area contributed by atoms with E-state index in [0.717, 1.165) is 88.8 Å². The second-order valence-corrected chi connectivity index (χ2v) is 16.9. The molecule has 2 heterocycles. The Bertz CT molecular complexity index is 3750. The van der Waals surface area contributed by atoms with E-state index in [4.69, 9.17) is 8.83 Å². The molecule has 3 heteroatoms. The van der Waals surface area contributed by atoms with Crippen molar-refractivity contribution < 1.29 is 8.83 Å². The van der Waals surface area contributed by atoms with Crippen LogP contribution in [0.25, 0.3) is 110 Å². The van der Waals surface area contributed by atoms with E-state index in [9.17, 15) is 0 Å².